The number of nitrogens with two attached hydrogens (primary N) is 1. The Balaban J connectivity index is 2.85. The van der Waals surface area contributed by atoms with Crippen LogP contribution in [-0.4, -0.2) is 18.0 Å². The summed E-state index contributed by atoms with van der Waals surface area (Å²) in [5, 5.41) is 5.09. The van der Waals surface area contributed by atoms with Crippen molar-refractivity contribution in [3.63, 3.8) is 0 Å². The summed E-state index contributed by atoms with van der Waals surface area (Å²) in [7, 11) is -3.71. The Bertz CT molecular complexity index is 478. The van der Waals surface area contributed by atoms with Crippen LogP contribution in [0.5, 0.6) is 0 Å². The number of primary sulfonamides is 1. The van der Waals surface area contributed by atoms with E-state index in [0.29, 0.717) is 0 Å². The van der Waals surface area contributed by atoms with Crippen molar-refractivity contribution in [2.75, 3.05) is 0 Å². The van der Waals surface area contributed by atoms with Crippen molar-refractivity contribution in [3.8, 4) is 0 Å². The molecule has 0 fully saturated rings. The second-order valence-electron chi connectivity index (χ2n) is 4.89. The zero-order valence-electron chi connectivity index (χ0n) is 11.4. The maximum Gasteiger partial charge on any atom is 0.257 e. The molecule has 0 saturated carbocycles. The molecule has 0 saturated heterocycles. The highest BCUT2D eigenvalue weighted by molar-refractivity contribution is 7.89. The van der Waals surface area contributed by atoms with Crippen LogP contribution in [0.1, 0.15) is 58.2 Å². The molecule has 1 heterocycles. The minimum Gasteiger partial charge on any atom is -0.333 e. The van der Waals surface area contributed by atoms with Gasteiger partial charge in [-0.05, 0) is 6.42 Å². The van der Waals surface area contributed by atoms with Crippen molar-refractivity contribution in [3.05, 3.63) is 12.0 Å². The van der Waals surface area contributed by atoms with Crippen LogP contribution in [0.15, 0.2) is 11.2 Å². The van der Waals surface area contributed by atoms with Crippen LogP contribution in [0.2, 0.25) is 0 Å². The van der Waals surface area contributed by atoms with Gasteiger partial charge in [0.15, 0.2) is 5.03 Å². The fraction of sp³-hybridized carbons (Fsp3) is 0.750. The smallest absolute Gasteiger partial charge is 0.257 e. The zero-order chi connectivity index (χ0) is 13.8. The molecule has 0 amide bonds. The minimum absolute atomic E-state index is 0.0262. The Morgan fingerprint density at radius 3 is 2.50 bits per heavy atom. The monoisotopic (exact) mass is 273 g/mol. The number of imidazole rings is 1. The largest absolute Gasteiger partial charge is 0.333 e. The van der Waals surface area contributed by atoms with E-state index in [4.69, 9.17) is 5.14 Å². The summed E-state index contributed by atoms with van der Waals surface area (Å²) < 4.78 is 24.5. The van der Waals surface area contributed by atoms with Gasteiger partial charge >= 0.3 is 0 Å². The van der Waals surface area contributed by atoms with E-state index < -0.39 is 10.0 Å². The van der Waals surface area contributed by atoms with Gasteiger partial charge in [-0.25, -0.2) is 18.5 Å². The van der Waals surface area contributed by atoms with Gasteiger partial charge in [0.05, 0.1) is 0 Å². The molecule has 0 unspecified atom stereocenters. The number of hydrogen-bond acceptors (Lipinski definition) is 3. The van der Waals surface area contributed by atoms with Gasteiger partial charge in [-0.2, -0.15) is 0 Å². The number of sulfonamides is 1. The lowest BCUT2D eigenvalue weighted by molar-refractivity contribution is 0.552. The van der Waals surface area contributed by atoms with Gasteiger partial charge < -0.3 is 4.57 Å². The van der Waals surface area contributed by atoms with Crippen LogP contribution < -0.4 is 5.14 Å². The molecule has 0 bridgehead atoms. The molecule has 1 aromatic rings. The number of hydrogen-bond donors (Lipinski definition) is 1. The van der Waals surface area contributed by atoms with Gasteiger partial charge in [0, 0.05) is 18.7 Å². The molecule has 0 aliphatic carbocycles. The molecule has 2 N–H and O–H groups in total. The first-order valence-electron chi connectivity index (χ1n) is 6.46. The van der Waals surface area contributed by atoms with Gasteiger partial charge in [-0.15, -0.1) is 0 Å². The standard InChI is InChI=1S/C12H23N3O2S/c1-4-5-6-7-8-15-9-11(18(13,16)17)14-12(15)10(2)3/h9-10H,4-8H2,1-3H3,(H2,13,16,17). The van der Waals surface area contributed by atoms with Gasteiger partial charge in [0.2, 0.25) is 0 Å². The third-order valence-electron chi connectivity index (χ3n) is 2.85. The Morgan fingerprint density at radius 2 is 2.00 bits per heavy atom. The van der Waals surface area contributed by atoms with E-state index in [-0.39, 0.29) is 10.9 Å². The van der Waals surface area contributed by atoms with Crippen LogP contribution in [0.25, 0.3) is 0 Å². The quantitative estimate of drug-likeness (QED) is 0.774. The molecule has 0 spiro atoms. The highest BCUT2D eigenvalue weighted by Crippen LogP contribution is 2.17. The SMILES string of the molecule is CCCCCCn1cc(S(N)(=O)=O)nc1C(C)C. The lowest BCUT2D eigenvalue weighted by atomic mass is 10.2. The number of aryl methyl sites for hydroxylation is 1. The molecular weight excluding hydrogens is 250 g/mol. The van der Waals surface area contributed by atoms with Crippen LogP contribution in [0.4, 0.5) is 0 Å². The zero-order valence-corrected chi connectivity index (χ0v) is 12.2. The fourth-order valence-corrected chi connectivity index (χ4v) is 2.39. The lowest BCUT2D eigenvalue weighted by Gasteiger charge is -2.09. The summed E-state index contributed by atoms with van der Waals surface area (Å²) in [5.41, 5.74) is 0. The average molecular weight is 273 g/mol. The first-order valence-corrected chi connectivity index (χ1v) is 8.00. The molecule has 0 aliphatic heterocycles. The van der Waals surface area contributed by atoms with Crippen LogP contribution >= 0.6 is 0 Å². The van der Waals surface area contributed by atoms with Gasteiger partial charge in [-0.1, -0.05) is 40.0 Å². The number of nitrogens with zero attached hydrogens (tertiary/aromatic N) is 2. The normalized spacial score (nSPS) is 12.3. The van der Waals surface area contributed by atoms with Crippen molar-refractivity contribution in [1.29, 1.82) is 0 Å². The van der Waals surface area contributed by atoms with Crippen molar-refractivity contribution >= 4 is 10.0 Å². The fourth-order valence-electron chi connectivity index (χ4n) is 1.89. The summed E-state index contributed by atoms with van der Waals surface area (Å²) in [6.45, 7) is 6.96. The van der Waals surface area contributed by atoms with E-state index in [1.807, 2.05) is 18.4 Å². The lowest BCUT2D eigenvalue weighted by Crippen LogP contribution is -2.12. The first kappa shape index (κ1) is 15.2. The second kappa shape index (κ2) is 6.33. The molecular formula is C12H23N3O2S. The van der Waals surface area contributed by atoms with E-state index in [2.05, 4.69) is 11.9 Å². The number of rotatable bonds is 7. The van der Waals surface area contributed by atoms with Gasteiger partial charge in [0.1, 0.15) is 5.82 Å². The predicted molar refractivity (Wildman–Crippen MR) is 71.8 cm³/mol. The van der Waals surface area contributed by atoms with Crippen molar-refractivity contribution in [2.24, 2.45) is 5.14 Å². The van der Waals surface area contributed by atoms with E-state index in [0.717, 1.165) is 25.2 Å². The topological polar surface area (TPSA) is 78.0 Å². The van der Waals surface area contributed by atoms with E-state index in [1.54, 1.807) is 6.20 Å². The molecule has 0 atom stereocenters. The Morgan fingerprint density at radius 1 is 1.33 bits per heavy atom. The maximum atomic E-state index is 11.3. The molecule has 0 aromatic carbocycles. The molecule has 104 valence electrons. The van der Waals surface area contributed by atoms with Crippen LogP contribution in [0, 0.1) is 0 Å². The Hall–Kier alpha value is -0.880. The molecule has 0 radical (unpaired) electrons. The van der Waals surface area contributed by atoms with E-state index >= 15 is 0 Å². The highest BCUT2D eigenvalue weighted by Gasteiger charge is 2.17. The summed E-state index contributed by atoms with van der Waals surface area (Å²) in [5.74, 6) is 0.974. The molecule has 1 aromatic heterocycles. The third kappa shape index (κ3) is 4.10. The predicted octanol–water partition coefficient (Wildman–Crippen LogP) is 2.23. The van der Waals surface area contributed by atoms with E-state index in [1.165, 1.54) is 12.8 Å². The summed E-state index contributed by atoms with van der Waals surface area (Å²) in [6.07, 6.45) is 6.12. The molecule has 1 rings (SSSR count). The summed E-state index contributed by atoms with van der Waals surface area (Å²) in [6, 6.07) is 0. The molecule has 0 aliphatic rings. The molecule has 5 nitrogen and oxygen atoms in total. The van der Waals surface area contributed by atoms with Crippen LogP contribution in [-0.2, 0) is 16.6 Å². The molecule has 18 heavy (non-hydrogen) atoms. The van der Waals surface area contributed by atoms with Gasteiger partial charge in [0.25, 0.3) is 10.0 Å². The Labute approximate surface area is 109 Å². The second-order valence-corrected chi connectivity index (χ2v) is 6.40. The van der Waals surface area contributed by atoms with Gasteiger partial charge in [-0.3, -0.25) is 0 Å². The first-order chi connectivity index (χ1) is 8.36. The van der Waals surface area contributed by atoms with Crippen LogP contribution in [0.3, 0.4) is 0 Å². The Kier molecular flexibility index (Phi) is 5.34. The maximum absolute atomic E-state index is 11.3. The van der Waals surface area contributed by atoms with Crippen molar-refractivity contribution in [1.82, 2.24) is 9.55 Å². The van der Waals surface area contributed by atoms with E-state index in [9.17, 15) is 8.42 Å². The third-order valence-corrected chi connectivity index (χ3v) is 3.63. The number of unbranched alkanes of at least 4 members (excludes halogenated alkanes) is 3. The molecule has 6 heteroatoms. The highest BCUT2D eigenvalue weighted by atomic mass is 32.2. The average Bonchev–Trinajstić information content (AvgIpc) is 2.68. The summed E-state index contributed by atoms with van der Waals surface area (Å²) in [4.78, 5) is 4.13. The van der Waals surface area contributed by atoms with Crippen molar-refractivity contribution < 1.29 is 8.42 Å². The van der Waals surface area contributed by atoms with Crippen molar-refractivity contribution in [2.45, 2.75) is 63.9 Å². The minimum atomic E-state index is -3.71. The summed E-state index contributed by atoms with van der Waals surface area (Å²) >= 11 is 0. The number of aromatic nitrogens is 2.